The van der Waals surface area contributed by atoms with Gasteiger partial charge in [-0.3, -0.25) is 4.79 Å². The van der Waals surface area contributed by atoms with Gasteiger partial charge in [0.05, 0.1) is 12.2 Å². The molecule has 0 unspecified atom stereocenters. The summed E-state index contributed by atoms with van der Waals surface area (Å²) in [6.45, 7) is 2.81. The number of β-amino-alcohol motifs (C(OH)–C–C–N with tert-alkyl or cyclic N) is 1. The zero-order valence-corrected chi connectivity index (χ0v) is 20.0. The second-order valence-corrected chi connectivity index (χ2v) is 9.34. The molecule has 9 heteroatoms. The molecule has 1 spiro atoms. The van der Waals surface area contributed by atoms with Crippen LogP contribution < -0.4 is 14.8 Å². The number of benzene rings is 2. The normalized spacial score (nSPS) is 17.7. The van der Waals surface area contributed by atoms with Crippen LogP contribution in [0.5, 0.6) is 17.2 Å². The first-order valence-corrected chi connectivity index (χ1v) is 11.9. The Balaban J connectivity index is 1.26. The number of ether oxygens (including phenoxy) is 3. The van der Waals surface area contributed by atoms with Gasteiger partial charge in [-0.2, -0.15) is 0 Å². The van der Waals surface area contributed by atoms with Crippen molar-refractivity contribution in [1.29, 1.82) is 0 Å². The number of nitrogens with zero attached hydrogens (tertiary/aromatic N) is 1. The van der Waals surface area contributed by atoms with E-state index in [1.165, 1.54) is 18.2 Å². The fourth-order valence-electron chi connectivity index (χ4n) is 4.54. The Morgan fingerprint density at radius 3 is 2.82 bits per heavy atom. The summed E-state index contributed by atoms with van der Waals surface area (Å²) in [6, 6.07) is 10.1. The summed E-state index contributed by atoms with van der Waals surface area (Å²) in [5.74, 6) is 0.793. The zero-order valence-electron chi connectivity index (χ0n) is 19.3. The molecule has 2 aliphatic rings. The van der Waals surface area contributed by atoms with E-state index in [4.69, 9.17) is 25.8 Å². The Kier molecular flexibility index (Phi) is 7.83. The third-order valence-electron chi connectivity index (χ3n) is 6.33. The van der Waals surface area contributed by atoms with Crippen molar-refractivity contribution in [2.24, 2.45) is 0 Å². The monoisotopic (exact) mass is 490 g/mol. The average Bonchev–Trinajstić information content (AvgIpc) is 3.16. The summed E-state index contributed by atoms with van der Waals surface area (Å²) in [5.41, 5.74) is 1.25. The van der Waals surface area contributed by atoms with E-state index in [1.54, 1.807) is 7.11 Å². The van der Waals surface area contributed by atoms with Crippen LogP contribution in [0.15, 0.2) is 36.4 Å². The summed E-state index contributed by atoms with van der Waals surface area (Å²) in [7, 11) is 1.56. The molecule has 0 radical (unpaired) electrons. The number of phenols is 1. The maximum atomic E-state index is 12.4. The molecule has 3 N–H and O–H groups in total. The highest BCUT2D eigenvalue weighted by molar-refractivity contribution is 6.30. The molecule has 1 amide bonds. The van der Waals surface area contributed by atoms with Crippen LogP contribution in [0.2, 0.25) is 5.02 Å². The van der Waals surface area contributed by atoms with E-state index in [0.717, 1.165) is 48.7 Å². The highest BCUT2D eigenvalue weighted by Gasteiger charge is 2.42. The molecule has 1 atom stereocenters. The van der Waals surface area contributed by atoms with Gasteiger partial charge in [0.15, 0.2) is 0 Å². The van der Waals surface area contributed by atoms with Crippen LogP contribution in [-0.2, 0) is 11.2 Å². The topological polar surface area (TPSA) is 100 Å². The Hall–Kier alpha value is -2.52. The van der Waals surface area contributed by atoms with E-state index in [0.29, 0.717) is 25.3 Å². The largest absolute Gasteiger partial charge is 0.508 e. The van der Waals surface area contributed by atoms with E-state index in [1.807, 2.05) is 18.2 Å². The molecule has 184 valence electrons. The molecule has 0 saturated carbocycles. The predicted molar refractivity (Wildman–Crippen MR) is 128 cm³/mol. The maximum absolute atomic E-state index is 12.4. The highest BCUT2D eigenvalue weighted by Crippen LogP contribution is 2.41. The van der Waals surface area contributed by atoms with Crippen molar-refractivity contribution in [2.45, 2.75) is 31.0 Å². The number of aromatic hydroxyl groups is 1. The standard InChI is InChI=1S/C25H31ClN2O6/c1-32-11-8-27-24(31)21-4-3-19(29)13-23(21)33-16-20(30)15-28-9-6-25(7-10-28)14-17-12-18(26)2-5-22(17)34-25/h2-5,12-13,20,29-30H,6-11,14-16H2,1H3,(H,27,31)/t20-/m1/s1. The molecule has 1 saturated heterocycles. The smallest absolute Gasteiger partial charge is 0.255 e. The lowest BCUT2D eigenvalue weighted by molar-refractivity contribution is -0.00200. The van der Waals surface area contributed by atoms with Gasteiger partial charge in [0.1, 0.15) is 35.6 Å². The second-order valence-electron chi connectivity index (χ2n) is 8.91. The number of amides is 1. The first-order chi connectivity index (χ1) is 16.4. The van der Waals surface area contributed by atoms with Gasteiger partial charge in [0.2, 0.25) is 0 Å². The summed E-state index contributed by atoms with van der Waals surface area (Å²) in [6.07, 6.45) is 1.84. The number of rotatable bonds is 9. The van der Waals surface area contributed by atoms with Crippen LogP contribution in [0.3, 0.4) is 0 Å². The highest BCUT2D eigenvalue weighted by atomic mass is 35.5. The third-order valence-corrected chi connectivity index (χ3v) is 6.57. The lowest BCUT2D eigenvalue weighted by Gasteiger charge is -2.39. The van der Waals surface area contributed by atoms with Crippen molar-refractivity contribution in [3.05, 3.63) is 52.5 Å². The molecule has 2 heterocycles. The number of likely N-dealkylation sites (tertiary alicyclic amines) is 1. The minimum Gasteiger partial charge on any atom is -0.508 e. The van der Waals surface area contributed by atoms with Crippen molar-refractivity contribution < 1.29 is 29.2 Å². The zero-order chi connectivity index (χ0) is 24.1. The number of hydrogen-bond acceptors (Lipinski definition) is 7. The van der Waals surface area contributed by atoms with Crippen molar-refractivity contribution in [2.75, 3.05) is 46.5 Å². The van der Waals surface area contributed by atoms with Crippen LogP contribution in [0.1, 0.15) is 28.8 Å². The van der Waals surface area contributed by atoms with Crippen LogP contribution in [0, 0.1) is 0 Å². The average molecular weight is 491 g/mol. The van der Waals surface area contributed by atoms with E-state index < -0.39 is 6.10 Å². The lowest BCUT2D eigenvalue weighted by atomic mass is 9.87. The van der Waals surface area contributed by atoms with Gasteiger partial charge in [-0.15, -0.1) is 0 Å². The van der Waals surface area contributed by atoms with Gasteiger partial charge in [-0.05, 0) is 35.9 Å². The molecule has 2 aliphatic heterocycles. The Bertz CT molecular complexity index is 1010. The molecule has 0 aromatic heterocycles. The Morgan fingerprint density at radius 2 is 2.06 bits per heavy atom. The molecular formula is C25H31ClN2O6. The predicted octanol–water partition coefficient (Wildman–Crippen LogP) is 2.63. The fourth-order valence-corrected chi connectivity index (χ4v) is 4.74. The lowest BCUT2D eigenvalue weighted by Crippen LogP contribution is -2.49. The number of hydrogen-bond donors (Lipinski definition) is 3. The minimum absolute atomic E-state index is 0.00386. The van der Waals surface area contributed by atoms with Crippen LogP contribution >= 0.6 is 11.6 Å². The number of aliphatic hydroxyl groups excluding tert-OH is 1. The van der Waals surface area contributed by atoms with Crippen molar-refractivity contribution in [1.82, 2.24) is 10.2 Å². The van der Waals surface area contributed by atoms with Crippen LogP contribution in [0.4, 0.5) is 0 Å². The van der Waals surface area contributed by atoms with E-state index >= 15 is 0 Å². The molecule has 0 bridgehead atoms. The molecule has 1 fully saturated rings. The van der Waals surface area contributed by atoms with E-state index in [-0.39, 0.29) is 29.6 Å². The van der Waals surface area contributed by atoms with Crippen molar-refractivity contribution in [3.63, 3.8) is 0 Å². The molecule has 34 heavy (non-hydrogen) atoms. The van der Waals surface area contributed by atoms with Gasteiger partial charge in [-0.25, -0.2) is 0 Å². The first-order valence-electron chi connectivity index (χ1n) is 11.5. The SMILES string of the molecule is COCCNC(=O)c1ccc(O)cc1OC[C@H](O)CN1CCC2(CC1)Cc1cc(Cl)ccc1O2. The number of fused-ring (bicyclic) bond motifs is 1. The van der Waals surface area contributed by atoms with Crippen molar-refractivity contribution >= 4 is 17.5 Å². The molecule has 0 aliphatic carbocycles. The van der Waals surface area contributed by atoms with Crippen LogP contribution in [-0.4, -0.2) is 79.2 Å². The fraction of sp³-hybridized carbons (Fsp3) is 0.480. The summed E-state index contributed by atoms with van der Waals surface area (Å²) < 4.78 is 17.0. The quantitative estimate of drug-likeness (QED) is 0.464. The van der Waals surface area contributed by atoms with Gasteiger partial charge in [-0.1, -0.05) is 11.6 Å². The maximum Gasteiger partial charge on any atom is 0.255 e. The van der Waals surface area contributed by atoms with Gasteiger partial charge in [0, 0.05) is 63.6 Å². The van der Waals surface area contributed by atoms with E-state index in [2.05, 4.69) is 10.2 Å². The molecule has 2 aromatic rings. The number of methoxy groups -OCH3 is 1. The number of nitrogens with one attached hydrogen (secondary N) is 1. The third kappa shape index (κ3) is 5.93. The van der Waals surface area contributed by atoms with Crippen molar-refractivity contribution in [3.8, 4) is 17.2 Å². The van der Waals surface area contributed by atoms with Gasteiger partial charge >= 0.3 is 0 Å². The second kappa shape index (κ2) is 10.8. The van der Waals surface area contributed by atoms with Gasteiger partial charge < -0.3 is 34.6 Å². The molecular weight excluding hydrogens is 460 g/mol. The minimum atomic E-state index is -0.749. The van der Waals surface area contributed by atoms with Gasteiger partial charge in [0.25, 0.3) is 5.91 Å². The number of phenolic OH excluding ortho intramolecular Hbond substituents is 1. The number of aliphatic hydroxyl groups is 1. The summed E-state index contributed by atoms with van der Waals surface area (Å²) in [4.78, 5) is 14.6. The number of carbonyl (C=O) groups excluding carboxylic acids is 1. The first kappa shape index (κ1) is 24.6. The van der Waals surface area contributed by atoms with Crippen LogP contribution in [0.25, 0.3) is 0 Å². The summed E-state index contributed by atoms with van der Waals surface area (Å²) in [5, 5.41) is 23.8. The number of halogens is 1. The number of piperidine rings is 1. The molecule has 8 nitrogen and oxygen atoms in total. The Labute approximate surface area is 204 Å². The van der Waals surface area contributed by atoms with E-state index in [9.17, 15) is 15.0 Å². The summed E-state index contributed by atoms with van der Waals surface area (Å²) >= 11 is 6.12. The number of carbonyl (C=O) groups is 1. The Morgan fingerprint density at radius 1 is 1.26 bits per heavy atom. The molecule has 4 rings (SSSR count). The molecule has 2 aromatic carbocycles.